The maximum absolute atomic E-state index is 12.1. The first-order valence-corrected chi connectivity index (χ1v) is 11.4. The first-order valence-electron chi connectivity index (χ1n) is 9.59. The molecule has 0 saturated heterocycles. The number of ether oxygens (including phenoxy) is 2. The van der Waals surface area contributed by atoms with Crippen LogP contribution in [0.2, 0.25) is 0 Å². The molecule has 0 fully saturated rings. The van der Waals surface area contributed by atoms with Gasteiger partial charge >= 0.3 is 6.09 Å². The van der Waals surface area contributed by atoms with Crippen LogP contribution in [0.15, 0.2) is 48.5 Å². The molecule has 1 amide bonds. The van der Waals surface area contributed by atoms with Crippen LogP contribution in [0.4, 0.5) is 10.5 Å². The van der Waals surface area contributed by atoms with E-state index in [0.29, 0.717) is 11.4 Å². The molecule has 31 heavy (non-hydrogen) atoms. The average molecular weight is 446 g/mol. The molecule has 0 aliphatic rings. The van der Waals surface area contributed by atoms with E-state index in [-0.39, 0.29) is 13.2 Å². The summed E-state index contributed by atoms with van der Waals surface area (Å²) in [5.74, 6) is 6.73. The standard InChI is InChI=1S/C23H27NO6S/c1-23(2,3)30-22(25)24(4)20-12-8-18(9-13-20)6-7-19-10-14-21(15-11-19)28-16-17-29-31(5,26)27/h8-15H,16-17H2,1-5H3. The predicted octanol–water partition coefficient (Wildman–Crippen LogP) is 3.81. The number of carbonyl (C=O) groups excluding carboxylic acids is 1. The molecule has 0 aromatic heterocycles. The fourth-order valence-corrected chi connectivity index (χ4v) is 2.70. The predicted molar refractivity (Wildman–Crippen MR) is 120 cm³/mol. The normalized spacial score (nSPS) is 11.3. The van der Waals surface area contributed by atoms with Crippen LogP contribution < -0.4 is 9.64 Å². The Bertz CT molecular complexity index is 1040. The Morgan fingerprint density at radius 3 is 1.94 bits per heavy atom. The summed E-state index contributed by atoms with van der Waals surface area (Å²) >= 11 is 0. The molecular weight excluding hydrogens is 418 g/mol. The van der Waals surface area contributed by atoms with Crippen molar-refractivity contribution in [2.75, 3.05) is 31.4 Å². The Hall–Kier alpha value is -3.02. The third-order valence-electron chi connectivity index (χ3n) is 3.78. The molecule has 2 aromatic carbocycles. The van der Waals surface area contributed by atoms with Gasteiger partial charge in [-0.05, 0) is 69.3 Å². The van der Waals surface area contributed by atoms with Crippen molar-refractivity contribution in [2.24, 2.45) is 0 Å². The van der Waals surface area contributed by atoms with Crippen molar-refractivity contribution in [1.29, 1.82) is 0 Å². The third kappa shape index (κ3) is 9.11. The quantitative estimate of drug-likeness (QED) is 0.382. The zero-order chi connectivity index (χ0) is 23.1. The van der Waals surface area contributed by atoms with E-state index in [2.05, 4.69) is 16.0 Å². The summed E-state index contributed by atoms with van der Waals surface area (Å²) in [7, 11) is -1.80. The molecule has 0 aliphatic carbocycles. The van der Waals surface area contributed by atoms with Gasteiger partial charge in [0, 0.05) is 23.9 Å². The number of carbonyl (C=O) groups is 1. The number of benzene rings is 2. The van der Waals surface area contributed by atoms with E-state index in [9.17, 15) is 13.2 Å². The summed E-state index contributed by atoms with van der Waals surface area (Å²) in [4.78, 5) is 13.6. The minimum absolute atomic E-state index is 0.0422. The fourth-order valence-electron chi connectivity index (χ4n) is 2.33. The summed E-state index contributed by atoms with van der Waals surface area (Å²) < 4.78 is 37.2. The Morgan fingerprint density at radius 2 is 1.45 bits per heavy atom. The second-order valence-corrected chi connectivity index (χ2v) is 9.38. The Morgan fingerprint density at radius 1 is 0.935 bits per heavy atom. The number of anilines is 1. The van der Waals surface area contributed by atoms with Crippen LogP contribution in [-0.4, -0.2) is 46.6 Å². The summed E-state index contributed by atoms with van der Waals surface area (Å²) in [6, 6.07) is 14.4. The van der Waals surface area contributed by atoms with Crippen LogP contribution in [0.1, 0.15) is 31.9 Å². The number of hydrogen-bond donors (Lipinski definition) is 0. The van der Waals surface area contributed by atoms with Gasteiger partial charge in [0.15, 0.2) is 0 Å². The van der Waals surface area contributed by atoms with Gasteiger partial charge in [0.1, 0.15) is 24.6 Å². The number of hydrogen-bond acceptors (Lipinski definition) is 6. The van der Waals surface area contributed by atoms with Gasteiger partial charge in [0.25, 0.3) is 10.1 Å². The van der Waals surface area contributed by atoms with E-state index >= 15 is 0 Å². The molecule has 8 heteroatoms. The maximum Gasteiger partial charge on any atom is 0.414 e. The highest BCUT2D eigenvalue weighted by Gasteiger charge is 2.20. The van der Waals surface area contributed by atoms with Gasteiger partial charge < -0.3 is 9.47 Å². The third-order valence-corrected chi connectivity index (χ3v) is 4.37. The molecule has 2 aromatic rings. The Labute approximate surface area is 184 Å². The summed E-state index contributed by atoms with van der Waals surface area (Å²) in [5, 5.41) is 0. The van der Waals surface area contributed by atoms with Crippen molar-refractivity contribution in [1.82, 2.24) is 0 Å². The van der Waals surface area contributed by atoms with Crippen LogP contribution in [0.3, 0.4) is 0 Å². The molecule has 0 saturated carbocycles. The van der Waals surface area contributed by atoms with Crippen LogP contribution in [-0.2, 0) is 19.0 Å². The van der Waals surface area contributed by atoms with E-state index < -0.39 is 21.8 Å². The first kappa shape index (κ1) is 24.3. The Balaban J connectivity index is 1.93. The lowest BCUT2D eigenvalue weighted by Crippen LogP contribution is -2.34. The fraction of sp³-hybridized carbons (Fsp3) is 0.348. The van der Waals surface area contributed by atoms with Crippen molar-refractivity contribution >= 4 is 21.9 Å². The molecule has 0 atom stereocenters. The van der Waals surface area contributed by atoms with Crippen molar-refractivity contribution in [3.63, 3.8) is 0 Å². The zero-order valence-corrected chi connectivity index (χ0v) is 19.2. The molecule has 0 radical (unpaired) electrons. The monoisotopic (exact) mass is 445 g/mol. The van der Waals surface area contributed by atoms with Crippen molar-refractivity contribution in [3.8, 4) is 17.6 Å². The minimum atomic E-state index is -3.46. The van der Waals surface area contributed by atoms with Crippen molar-refractivity contribution in [3.05, 3.63) is 59.7 Å². The summed E-state index contributed by atoms with van der Waals surface area (Å²) in [6.45, 7) is 5.55. The smallest absolute Gasteiger partial charge is 0.414 e. The number of nitrogens with zero attached hydrogens (tertiary/aromatic N) is 1. The van der Waals surface area contributed by atoms with Crippen LogP contribution >= 0.6 is 0 Å². The second-order valence-electron chi connectivity index (χ2n) is 7.74. The van der Waals surface area contributed by atoms with Gasteiger partial charge in [-0.1, -0.05) is 11.8 Å². The second kappa shape index (κ2) is 10.3. The first-order chi connectivity index (χ1) is 14.4. The van der Waals surface area contributed by atoms with Gasteiger partial charge in [-0.25, -0.2) is 4.79 Å². The average Bonchev–Trinajstić information content (AvgIpc) is 2.68. The number of rotatable bonds is 6. The lowest BCUT2D eigenvalue weighted by molar-refractivity contribution is 0.0589. The maximum atomic E-state index is 12.1. The molecule has 0 N–H and O–H groups in total. The lowest BCUT2D eigenvalue weighted by atomic mass is 10.1. The van der Waals surface area contributed by atoms with Crippen molar-refractivity contribution in [2.45, 2.75) is 26.4 Å². The molecule has 0 bridgehead atoms. The molecule has 0 heterocycles. The van der Waals surface area contributed by atoms with E-state index in [0.717, 1.165) is 17.4 Å². The Kier molecular flexibility index (Phi) is 8.08. The van der Waals surface area contributed by atoms with Gasteiger partial charge in [0.2, 0.25) is 0 Å². The van der Waals surface area contributed by atoms with E-state index in [1.165, 1.54) is 4.90 Å². The minimum Gasteiger partial charge on any atom is -0.491 e. The van der Waals surface area contributed by atoms with Gasteiger partial charge in [-0.15, -0.1) is 0 Å². The van der Waals surface area contributed by atoms with E-state index in [4.69, 9.17) is 9.47 Å². The molecule has 166 valence electrons. The number of amides is 1. The van der Waals surface area contributed by atoms with Gasteiger partial charge in [0.05, 0.1) is 6.26 Å². The highest BCUT2D eigenvalue weighted by molar-refractivity contribution is 7.85. The molecule has 2 rings (SSSR count). The van der Waals surface area contributed by atoms with E-state index in [1.807, 2.05) is 57.2 Å². The highest BCUT2D eigenvalue weighted by Crippen LogP contribution is 2.17. The SMILES string of the molecule is CN(C(=O)OC(C)(C)C)c1ccc(C#Cc2ccc(OCCOS(C)(=O)=O)cc2)cc1. The zero-order valence-electron chi connectivity index (χ0n) is 18.3. The molecule has 0 unspecified atom stereocenters. The molecular formula is C23H27NO6S. The topological polar surface area (TPSA) is 82.1 Å². The van der Waals surface area contributed by atoms with Gasteiger partial charge in [-0.2, -0.15) is 8.42 Å². The van der Waals surface area contributed by atoms with E-state index in [1.54, 1.807) is 19.2 Å². The van der Waals surface area contributed by atoms with Gasteiger partial charge in [-0.3, -0.25) is 9.08 Å². The lowest BCUT2D eigenvalue weighted by Gasteiger charge is -2.24. The molecule has 0 spiro atoms. The molecule has 0 aliphatic heterocycles. The summed E-state index contributed by atoms with van der Waals surface area (Å²) in [5.41, 5.74) is 1.76. The van der Waals surface area contributed by atoms with Crippen LogP contribution in [0, 0.1) is 11.8 Å². The summed E-state index contributed by atoms with van der Waals surface area (Å²) in [6.07, 6.45) is 0.573. The van der Waals surface area contributed by atoms with Crippen molar-refractivity contribution < 1.29 is 26.9 Å². The van der Waals surface area contributed by atoms with Crippen LogP contribution in [0.5, 0.6) is 5.75 Å². The molecule has 7 nitrogen and oxygen atoms in total. The van der Waals surface area contributed by atoms with Crippen LogP contribution in [0.25, 0.3) is 0 Å². The highest BCUT2D eigenvalue weighted by atomic mass is 32.2. The largest absolute Gasteiger partial charge is 0.491 e.